The Morgan fingerprint density at radius 2 is 1.89 bits per heavy atom. The quantitative estimate of drug-likeness (QED) is 0.457. The van der Waals surface area contributed by atoms with Gasteiger partial charge in [0.15, 0.2) is 12.4 Å². The smallest absolute Gasteiger partial charge is 0.341 e. The highest BCUT2D eigenvalue weighted by atomic mass is 16.5. The van der Waals surface area contributed by atoms with Crippen molar-refractivity contribution in [2.75, 3.05) is 6.61 Å². The minimum Gasteiger partial charge on any atom is -0.506 e. The topological polar surface area (TPSA) is 117 Å². The molecule has 0 aliphatic rings. The Morgan fingerprint density at radius 1 is 1.11 bits per heavy atom. The van der Waals surface area contributed by atoms with E-state index in [4.69, 9.17) is 9.84 Å². The number of allylic oxidation sites excluding steroid dienone is 1. The van der Waals surface area contributed by atoms with Crippen LogP contribution in [0.25, 0.3) is 17.0 Å². The van der Waals surface area contributed by atoms with E-state index in [0.29, 0.717) is 22.2 Å². The molecule has 7 heteroatoms. The number of para-hydroxylation sites is 1. The second kappa shape index (κ2) is 7.57. The van der Waals surface area contributed by atoms with Gasteiger partial charge in [0, 0.05) is 5.39 Å². The van der Waals surface area contributed by atoms with Gasteiger partial charge in [-0.3, -0.25) is 9.59 Å². The summed E-state index contributed by atoms with van der Waals surface area (Å²) in [4.78, 5) is 37.7. The fourth-order valence-electron chi connectivity index (χ4n) is 2.56. The van der Waals surface area contributed by atoms with Gasteiger partial charge in [0.1, 0.15) is 17.1 Å². The maximum Gasteiger partial charge on any atom is 0.341 e. The number of ether oxygens (including phenoxy) is 1. The third-order valence-electron chi connectivity index (χ3n) is 3.79. The zero-order valence-electron chi connectivity index (χ0n) is 14.0. The van der Waals surface area contributed by atoms with Crippen molar-refractivity contribution in [3.63, 3.8) is 0 Å². The van der Waals surface area contributed by atoms with Gasteiger partial charge >= 0.3 is 5.97 Å². The van der Waals surface area contributed by atoms with E-state index in [1.807, 2.05) is 0 Å². The van der Waals surface area contributed by atoms with Crippen molar-refractivity contribution in [2.45, 2.75) is 0 Å². The van der Waals surface area contributed by atoms with Crippen LogP contribution >= 0.6 is 0 Å². The molecule has 136 valence electrons. The minimum atomic E-state index is -1.10. The van der Waals surface area contributed by atoms with Crippen LogP contribution in [-0.4, -0.2) is 33.6 Å². The SMILES string of the molecule is O=C(O)COc1cccc(C=CC(=O)c2c(O)c3ccccc3[nH]c2=O)c1. The molecule has 0 bridgehead atoms. The number of carbonyl (C=O) groups excluding carboxylic acids is 1. The van der Waals surface area contributed by atoms with Gasteiger partial charge in [-0.2, -0.15) is 0 Å². The number of carboxylic acid groups (broad SMARTS) is 1. The Morgan fingerprint density at radius 3 is 2.67 bits per heavy atom. The fourth-order valence-corrected chi connectivity index (χ4v) is 2.56. The highest BCUT2D eigenvalue weighted by molar-refractivity contribution is 6.11. The summed E-state index contributed by atoms with van der Waals surface area (Å²) in [6.45, 7) is -0.480. The summed E-state index contributed by atoms with van der Waals surface area (Å²) in [5.41, 5.74) is -0.0191. The van der Waals surface area contributed by atoms with Gasteiger partial charge in [0.25, 0.3) is 5.56 Å². The van der Waals surface area contributed by atoms with E-state index in [2.05, 4.69) is 4.98 Å². The van der Waals surface area contributed by atoms with Gasteiger partial charge in [-0.05, 0) is 35.9 Å². The number of nitrogens with one attached hydrogen (secondary N) is 1. The zero-order valence-corrected chi connectivity index (χ0v) is 14.0. The predicted octanol–water partition coefficient (Wildman–Crippen LogP) is 2.59. The van der Waals surface area contributed by atoms with Gasteiger partial charge in [0.05, 0.1) is 5.52 Å². The van der Waals surface area contributed by atoms with Crippen molar-refractivity contribution in [1.82, 2.24) is 4.98 Å². The van der Waals surface area contributed by atoms with Gasteiger partial charge in [0.2, 0.25) is 0 Å². The molecule has 0 saturated carbocycles. The van der Waals surface area contributed by atoms with Crippen LogP contribution in [0.5, 0.6) is 11.5 Å². The van der Waals surface area contributed by atoms with E-state index < -0.39 is 23.9 Å². The first-order valence-corrected chi connectivity index (χ1v) is 7.97. The molecule has 27 heavy (non-hydrogen) atoms. The number of aliphatic carboxylic acids is 1. The molecule has 0 spiro atoms. The number of hydrogen-bond acceptors (Lipinski definition) is 5. The molecule has 0 aliphatic carbocycles. The van der Waals surface area contributed by atoms with Crippen LogP contribution in [0.4, 0.5) is 0 Å². The number of ketones is 1. The number of aromatic amines is 1. The Labute approximate surface area is 153 Å². The molecule has 0 saturated heterocycles. The van der Waals surface area contributed by atoms with Gasteiger partial charge in [-0.15, -0.1) is 0 Å². The predicted molar refractivity (Wildman–Crippen MR) is 99.2 cm³/mol. The average molecular weight is 365 g/mol. The largest absolute Gasteiger partial charge is 0.506 e. The number of benzene rings is 2. The van der Waals surface area contributed by atoms with Crippen LogP contribution in [0.2, 0.25) is 0 Å². The normalized spacial score (nSPS) is 11.0. The van der Waals surface area contributed by atoms with E-state index in [0.717, 1.165) is 6.08 Å². The van der Waals surface area contributed by atoms with Gasteiger partial charge < -0.3 is 19.9 Å². The number of hydrogen-bond donors (Lipinski definition) is 3. The summed E-state index contributed by atoms with van der Waals surface area (Å²) in [7, 11) is 0. The Bertz CT molecular complexity index is 1110. The van der Waals surface area contributed by atoms with E-state index >= 15 is 0 Å². The van der Waals surface area contributed by atoms with E-state index in [1.165, 1.54) is 6.08 Å². The van der Waals surface area contributed by atoms with Crippen molar-refractivity contribution in [3.05, 3.63) is 76.1 Å². The number of rotatable bonds is 6. The lowest BCUT2D eigenvalue weighted by Gasteiger charge is -2.05. The molecule has 7 nitrogen and oxygen atoms in total. The molecule has 0 amide bonds. The Balaban J connectivity index is 1.88. The van der Waals surface area contributed by atoms with Crippen LogP contribution < -0.4 is 10.3 Å². The number of aromatic nitrogens is 1. The van der Waals surface area contributed by atoms with Gasteiger partial charge in [-0.1, -0.05) is 30.3 Å². The standard InChI is InChI=1S/C20H15NO6/c22-16(9-8-12-4-3-5-13(10-12)27-11-17(23)24)18-19(25)14-6-1-2-7-15(14)21-20(18)26/h1-10H,11H2,(H,23,24)(H2,21,25,26). The number of carbonyl (C=O) groups is 2. The second-order valence-electron chi connectivity index (χ2n) is 5.68. The van der Waals surface area contributed by atoms with E-state index in [-0.39, 0.29) is 11.3 Å². The number of carboxylic acids is 1. The molecule has 1 heterocycles. The lowest BCUT2D eigenvalue weighted by atomic mass is 10.1. The summed E-state index contributed by atoms with van der Waals surface area (Å²) in [5.74, 6) is -1.80. The summed E-state index contributed by atoms with van der Waals surface area (Å²) in [6.07, 6.45) is 2.61. The number of H-pyrrole nitrogens is 1. The molecule has 0 fully saturated rings. The highest BCUT2D eigenvalue weighted by Gasteiger charge is 2.16. The molecule has 1 aromatic heterocycles. The summed E-state index contributed by atoms with van der Waals surface area (Å²) < 4.78 is 5.07. The third kappa shape index (κ3) is 4.04. The van der Waals surface area contributed by atoms with E-state index in [9.17, 15) is 19.5 Å². The lowest BCUT2D eigenvalue weighted by Crippen LogP contribution is -2.16. The molecule has 0 aliphatic heterocycles. The maximum atomic E-state index is 12.4. The van der Waals surface area contributed by atoms with Gasteiger partial charge in [-0.25, -0.2) is 4.79 Å². The van der Waals surface area contributed by atoms with E-state index in [1.54, 1.807) is 48.5 Å². The average Bonchev–Trinajstić information content (AvgIpc) is 2.65. The Kier molecular flexibility index (Phi) is 5.03. The molecule has 2 aromatic carbocycles. The highest BCUT2D eigenvalue weighted by Crippen LogP contribution is 2.25. The first kappa shape index (κ1) is 17.9. The molecule has 0 radical (unpaired) electrons. The lowest BCUT2D eigenvalue weighted by molar-refractivity contribution is -0.139. The van der Waals surface area contributed by atoms with Crippen LogP contribution in [0.1, 0.15) is 15.9 Å². The van der Waals surface area contributed by atoms with Crippen molar-refractivity contribution in [3.8, 4) is 11.5 Å². The first-order chi connectivity index (χ1) is 13.0. The molecule has 0 unspecified atom stereocenters. The molecule has 0 atom stereocenters. The molecule has 3 rings (SSSR count). The fraction of sp³-hybridized carbons (Fsp3) is 0.0500. The van der Waals surface area contributed by atoms with Crippen molar-refractivity contribution in [2.24, 2.45) is 0 Å². The Hall–Kier alpha value is -3.87. The van der Waals surface area contributed by atoms with Crippen LogP contribution in [0.15, 0.2) is 59.4 Å². The number of pyridine rings is 1. The zero-order chi connectivity index (χ0) is 19.4. The molecular weight excluding hydrogens is 350 g/mol. The molecule has 3 N–H and O–H groups in total. The van der Waals surface area contributed by atoms with Crippen molar-refractivity contribution >= 4 is 28.7 Å². The number of aromatic hydroxyl groups is 1. The number of fused-ring (bicyclic) bond motifs is 1. The molecular formula is C20H15NO6. The summed E-state index contributed by atoms with van der Waals surface area (Å²) in [6, 6.07) is 13.1. The molecule has 3 aromatic rings. The summed E-state index contributed by atoms with van der Waals surface area (Å²) >= 11 is 0. The third-order valence-corrected chi connectivity index (χ3v) is 3.79. The second-order valence-corrected chi connectivity index (χ2v) is 5.68. The summed E-state index contributed by atoms with van der Waals surface area (Å²) in [5, 5.41) is 19.3. The van der Waals surface area contributed by atoms with Crippen LogP contribution in [0.3, 0.4) is 0 Å². The van der Waals surface area contributed by atoms with Crippen LogP contribution in [0, 0.1) is 0 Å². The monoisotopic (exact) mass is 365 g/mol. The van der Waals surface area contributed by atoms with Crippen molar-refractivity contribution in [1.29, 1.82) is 0 Å². The van der Waals surface area contributed by atoms with Crippen LogP contribution in [-0.2, 0) is 4.79 Å². The maximum absolute atomic E-state index is 12.4. The minimum absolute atomic E-state index is 0.332. The van der Waals surface area contributed by atoms with Crippen molar-refractivity contribution < 1.29 is 24.5 Å². The first-order valence-electron chi connectivity index (χ1n) is 7.97.